The second-order valence-electron chi connectivity index (χ2n) is 6.91. The first-order chi connectivity index (χ1) is 14.3. The zero-order valence-electron chi connectivity index (χ0n) is 16.1. The first kappa shape index (κ1) is 19.8. The van der Waals surface area contributed by atoms with Crippen molar-refractivity contribution in [2.75, 3.05) is 4.90 Å². The van der Waals surface area contributed by atoms with Crippen LogP contribution in [0, 0.1) is 19.7 Å². The molecule has 1 aliphatic rings. The Kier molecular flexibility index (Phi) is 4.87. The number of aliphatic hydroxyl groups excluding tert-OH is 1. The van der Waals surface area contributed by atoms with Gasteiger partial charge in [-0.05, 0) is 55.8 Å². The average Bonchev–Trinajstić information content (AvgIpc) is 3.18. The Morgan fingerprint density at radius 1 is 1.13 bits per heavy atom. The lowest BCUT2D eigenvalue weighted by Gasteiger charge is -2.23. The van der Waals surface area contributed by atoms with Gasteiger partial charge in [0, 0.05) is 10.4 Å². The summed E-state index contributed by atoms with van der Waals surface area (Å²) in [7, 11) is 0. The zero-order valence-corrected chi connectivity index (χ0v) is 16.9. The SMILES string of the molecule is Cc1nc(N2C(=O)C(=O)C(=C(O)c3ccc(F)cc3)C2c2cccc(O)c2)sc1C. The van der Waals surface area contributed by atoms with Gasteiger partial charge in [0.15, 0.2) is 5.13 Å². The molecule has 6 nitrogen and oxygen atoms in total. The van der Waals surface area contributed by atoms with Gasteiger partial charge in [0.2, 0.25) is 0 Å². The van der Waals surface area contributed by atoms with Crippen molar-refractivity contribution in [1.29, 1.82) is 0 Å². The predicted molar refractivity (Wildman–Crippen MR) is 111 cm³/mol. The molecule has 4 rings (SSSR count). The number of Topliss-reactive ketones (excluding diaryl/α,β-unsaturated/α-hetero) is 1. The monoisotopic (exact) mass is 424 g/mol. The van der Waals surface area contributed by atoms with Crippen LogP contribution in [0.2, 0.25) is 0 Å². The Labute approximate surface area is 175 Å². The molecule has 1 saturated heterocycles. The van der Waals surface area contributed by atoms with Crippen molar-refractivity contribution in [1.82, 2.24) is 4.98 Å². The lowest BCUT2D eigenvalue weighted by atomic mass is 9.95. The van der Waals surface area contributed by atoms with Crippen molar-refractivity contribution >= 4 is 33.9 Å². The summed E-state index contributed by atoms with van der Waals surface area (Å²) in [5.74, 6) is -2.68. The normalized spacial score (nSPS) is 18.2. The molecule has 1 fully saturated rings. The minimum Gasteiger partial charge on any atom is -0.508 e. The van der Waals surface area contributed by atoms with E-state index in [4.69, 9.17) is 0 Å². The number of rotatable bonds is 3. The number of aromatic nitrogens is 1. The number of hydrogen-bond donors (Lipinski definition) is 2. The molecule has 0 spiro atoms. The number of phenolic OH excluding ortho intramolecular Hbond substituents is 1. The fourth-order valence-electron chi connectivity index (χ4n) is 3.36. The molecule has 1 unspecified atom stereocenters. The number of nitrogens with zero attached hydrogens (tertiary/aromatic N) is 2. The molecular weight excluding hydrogens is 407 g/mol. The fourth-order valence-corrected chi connectivity index (χ4v) is 4.30. The van der Waals surface area contributed by atoms with Gasteiger partial charge in [0.25, 0.3) is 5.78 Å². The van der Waals surface area contributed by atoms with Crippen LogP contribution in [0.1, 0.15) is 27.7 Å². The Balaban J connectivity index is 1.96. The van der Waals surface area contributed by atoms with E-state index in [-0.39, 0.29) is 16.9 Å². The third-order valence-corrected chi connectivity index (χ3v) is 6.04. The summed E-state index contributed by atoms with van der Waals surface area (Å²) in [5, 5.41) is 21.2. The third kappa shape index (κ3) is 3.25. The van der Waals surface area contributed by atoms with Crippen molar-refractivity contribution in [2.45, 2.75) is 19.9 Å². The smallest absolute Gasteiger partial charge is 0.301 e. The molecule has 0 radical (unpaired) electrons. The highest BCUT2D eigenvalue weighted by molar-refractivity contribution is 7.16. The number of hydrogen-bond acceptors (Lipinski definition) is 6. The van der Waals surface area contributed by atoms with Gasteiger partial charge in [-0.15, -0.1) is 11.3 Å². The molecule has 30 heavy (non-hydrogen) atoms. The maximum absolute atomic E-state index is 13.3. The van der Waals surface area contributed by atoms with Crippen LogP contribution < -0.4 is 4.90 Å². The second kappa shape index (κ2) is 7.38. The highest BCUT2D eigenvalue weighted by atomic mass is 32.1. The van der Waals surface area contributed by atoms with Gasteiger partial charge >= 0.3 is 5.91 Å². The van der Waals surface area contributed by atoms with Crippen molar-refractivity contribution < 1.29 is 24.2 Å². The number of thiazole rings is 1. The van der Waals surface area contributed by atoms with E-state index < -0.39 is 29.3 Å². The van der Waals surface area contributed by atoms with Crippen molar-refractivity contribution in [3.8, 4) is 5.75 Å². The molecule has 0 bridgehead atoms. The molecule has 1 aliphatic heterocycles. The highest BCUT2D eigenvalue weighted by Gasteiger charge is 2.48. The van der Waals surface area contributed by atoms with Crippen LogP contribution in [0.3, 0.4) is 0 Å². The molecule has 2 heterocycles. The standard InChI is InChI=1S/C22H17FN2O4S/c1-11-12(2)30-22(24-11)25-18(14-4-3-5-16(26)10-14)17(20(28)21(25)29)19(27)13-6-8-15(23)9-7-13/h3-10,18,26-27H,1-2H3. The van der Waals surface area contributed by atoms with Crippen molar-refractivity contribution in [2.24, 2.45) is 0 Å². The minimum absolute atomic E-state index is 0.0497. The molecule has 1 aromatic heterocycles. The summed E-state index contributed by atoms with van der Waals surface area (Å²) in [4.78, 5) is 32.5. The quantitative estimate of drug-likeness (QED) is 0.373. The van der Waals surface area contributed by atoms with E-state index in [1.165, 1.54) is 40.5 Å². The van der Waals surface area contributed by atoms with Crippen LogP contribution in [0.5, 0.6) is 5.75 Å². The van der Waals surface area contributed by atoms with Gasteiger partial charge in [0.05, 0.1) is 17.3 Å². The Morgan fingerprint density at radius 2 is 1.83 bits per heavy atom. The summed E-state index contributed by atoms with van der Waals surface area (Å²) < 4.78 is 13.3. The van der Waals surface area contributed by atoms with Crippen LogP contribution in [0.4, 0.5) is 9.52 Å². The van der Waals surface area contributed by atoms with Gasteiger partial charge in [-0.3, -0.25) is 14.5 Å². The van der Waals surface area contributed by atoms with E-state index in [9.17, 15) is 24.2 Å². The summed E-state index contributed by atoms with van der Waals surface area (Å²) in [6, 6.07) is 10.1. The largest absolute Gasteiger partial charge is 0.508 e. The van der Waals surface area contributed by atoms with Gasteiger partial charge in [-0.1, -0.05) is 12.1 Å². The van der Waals surface area contributed by atoms with E-state index >= 15 is 0 Å². The molecule has 3 aromatic rings. The van der Waals surface area contributed by atoms with Gasteiger partial charge in [-0.2, -0.15) is 0 Å². The number of carbonyl (C=O) groups is 2. The predicted octanol–water partition coefficient (Wildman–Crippen LogP) is 4.23. The van der Waals surface area contributed by atoms with E-state index in [0.717, 1.165) is 22.7 Å². The first-order valence-corrected chi connectivity index (χ1v) is 9.89. The summed E-state index contributed by atoms with van der Waals surface area (Å²) >= 11 is 1.26. The van der Waals surface area contributed by atoms with Crippen LogP contribution in [0.15, 0.2) is 54.1 Å². The number of aliphatic hydroxyl groups is 1. The molecular formula is C22H17FN2O4S. The molecule has 8 heteroatoms. The number of amides is 1. The topological polar surface area (TPSA) is 90.7 Å². The molecule has 2 aromatic carbocycles. The van der Waals surface area contributed by atoms with Crippen LogP contribution >= 0.6 is 11.3 Å². The molecule has 152 valence electrons. The number of aromatic hydroxyl groups is 1. The molecule has 1 atom stereocenters. The van der Waals surface area contributed by atoms with Crippen molar-refractivity contribution in [3.05, 3.63) is 81.6 Å². The highest BCUT2D eigenvalue weighted by Crippen LogP contribution is 2.44. The lowest BCUT2D eigenvalue weighted by molar-refractivity contribution is -0.132. The lowest BCUT2D eigenvalue weighted by Crippen LogP contribution is -2.29. The molecule has 2 N–H and O–H groups in total. The molecule has 1 amide bonds. The number of ketones is 1. The Hall–Kier alpha value is -3.52. The first-order valence-electron chi connectivity index (χ1n) is 9.08. The maximum atomic E-state index is 13.3. The summed E-state index contributed by atoms with van der Waals surface area (Å²) in [5.41, 5.74) is 1.21. The van der Waals surface area contributed by atoms with Gasteiger partial charge < -0.3 is 10.2 Å². The molecule has 0 aliphatic carbocycles. The molecule has 0 saturated carbocycles. The van der Waals surface area contributed by atoms with Crippen LogP contribution in [-0.2, 0) is 9.59 Å². The number of carbonyl (C=O) groups excluding carboxylic acids is 2. The number of anilines is 1. The number of halogens is 1. The van der Waals surface area contributed by atoms with Crippen LogP contribution in [-0.4, -0.2) is 26.9 Å². The maximum Gasteiger partial charge on any atom is 0.301 e. The Bertz CT molecular complexity index is 1180. The summed E-state index contributed by atoms with van der Waals surface area (Å²) in [6.45, 7) is 3.66. The second-order valence-corrected chi connectivity index (χ2v) is 8.09. The average molecular weight is 424 g/mol. The van der Waals surface area contributed by atoms with E-state index in [1.54, 1.807) is 19.1 Å². The third-order valence-electron chi connectivity index (χ3n) is 4.97. The van der Waals surface area contributed by atoms with Crippen molar-refractivity contribution in [3.63, 3.8) is 0 Å². The van der Waals surface area contributed by atoms with E-state index in [1.807, 2.05) is 6.92 Å². The minimum atomic E-state index is -0.993. The number of benzene rings is 2. The van der Waals surface area contributed by atoms with E-state index in [2.05, 4.69) is 4.98 Å². The number of aryl methyl sites for hydroxylation is 2. The Morgan fingerprint density at radius 3 is 2.43 bits per heavy atom. The van der Waals surface area contributed by atoms with Gasteiger partial charge in [0.1, 0.15) is 17.3 Å². The fraction of sp³-hybridized carbons (Fsp3) is 0.136. The number of phenols is 1. The summed E-state index contributed by atoms with van der Waals surface area (Å²) in [6.07, 6.45) is 0. The van der Waals surface area contributed by atoms with Gasteiger partial charge in [-0.25, -0.2) is 9.37 Å². The van der Waals surface area contributed by atoms with Crippen LogP contribution in [0.25, 0.3) is 5.76 Å². The zero-order chi connectivity index (χ0) is 21.6. The van der Waals surface area contributed by atoms with E-state index in [0.29, 0.717) is 10.7 Å².